The molecule has 0 aliphatic carbocycles. The molecule has 0 bridgehead atoms. The Bertz CT molecular complexity index is 587. The van der Waals surface area contributed by atoms with Gasteiger partial charge in [0.15, 0.2) is 0 Å². The lowest BCUT2D eigenvalue weighted by Gasteiger charge is -2.19. The number of nitrogens with zero attached hydrogens (tertiary/aromatic N) is 1. The molecule has 0 aromatic carbocycles. The number of hydrogen-bond donors (Lipinski definition) is 1. The van der Waals surface area contributed by atoms with Crippen molar-refractivity contribution in [3.8, 4) is 11.5 Å². The summed E-state index contributed by atoms with van der Waals surface area (Å²) in [7, 11) is -1.45. The number of nitrogens with one attached hydrogen (secondary N) is 1. The Hall–Kier alpha value is -1.80. The number of ether oxygens (including phenoxy) is 1. The molecule has 0 atom stereocenters. The lowest BCUT2D eigenvalue weighted by atomic mass is 10.2. The standard InChI is InChI=1S/C16H24N2O2Si/c1-12-10-13(8-9-21(5,6)7)17-14(11-12)18-15(19)20-16(2,3)4/h10-11H,1-7H3,(H,17,18,19). The molecule has 1 amide bonds. The molecule has 0 radical (unpaired) electrons. The van der Waals surface area contributed by atoms with Gasteiger partial charge in [-0.2, -0.15) is 0 Å². The summed E-state index contributed by atoms with van der Waals surface area (Å²) < 4.78 is 5.22. The van der Waals surface area contributed by atoms with Crippen molar-refractivity contribution in [2.75, 3.05) is 5.32 Å². The molecule has 0 saturated carbocycles. The number of anilines is 1. The number of carbonyl (C=O) groups is 1. The Balaban J connectivity index is 2.92. The Morgan fingerprint density at radius 2 is 1.90 bits per heavy atom. The number of rotatable bonds is 1. The predicted octanol–water partition coefficient (Wildman–Crippen LogP) is 3.97. The van der Waals surface area contributed by atoms with Crippen LogP contribution in [0.25, 0.3) is 0 Å². The van der Waals surface area contributed by atoms with Gasteiger partial charge in [-0.15, -0.1) is 5.54 Å². The van der Waals surface area contributed by atoms with Gasteiger partial charge in [-0.05, 0) is 45.4 Å². The SMILES string of the molecule is Cc1cc(C#C[Si](C)(C)C)nc(NC(=O)OC(C)(C)C)c1. The molecule has 21 heavy (non-hydrogen) atoms. The van der Waals surface area contributed by atoms with Gasteiger partial charge in [0.05, 0.1) is 0 Å². The summed E-state index contributed by atoms with van der Waals surface area (Å²) in [6, 6.07) is 3.71. The van der Waals surface area contributed by atoms with Crippen LogP contribution < -0.4 is 5.32 Å². The van der Waals surface area contributed by atoms with E-state index < -0.39 is 19.8 Å². The van der Waals surface area contributed by atoms with E-state index in [1.165, 1.54) is 0 Å². The number of pyridine rings is 1. The average molecular weight is 304 g/mol. The Morgan fingerprint density at radius 3 is 2.43 bits per heavy atom. The van der Waals surface area contributed by atoms with Gasteiger partial charge in [-0.25, -0.2) is 9.78 Å². The van der Waals surface area contributed by atoms with Gasteiger partial charge in [0.25, 0.3) is 0 Å². The maximum Gasteiger partial charge on any atom is 0.413 e. The Morgan fingerprint density at radius 1 is 1.29 bits per heavy atom. The fourth-order valence-electron chi connectivity index (χ4n) is 1.46. The molecule has 1 aromatic rings. The van der Waals surface area contributed by atoms with E-state index in [1.54, 1.807) is 6.07 Å². The topological polar surface area (TPSA) is 51.2 Å². The molecule has 0 fully saturated rings. The molecule has 1 heterocycles. The summed E-state index contributed by atoms with van der Waals surface area (Å²) in [5.41, 5.74) is 4.40. The number of hydrogen-bond acceptors (Lipinski definition) is 3. The summed E-state index contributed by atoms with van der Waals surface area (Å²) in [6.07, 6.45) is -0.510. The fourth-order valence-corrected chi connectivity index (χ4v) is 1.96. The second-order valence-electron chi connectivity index (χ2n) is 7.04. The average Bonchev–Trinajstić information content (AvgIpc) is 2.21. The first-order chi connectivity index (χ1) is 9.44. The second-order valence-corrected chi connectivity index (χ2v) is 11.8. The van der Waals surface area contributed by atoms with Gasteiger partial charge in [0.2, 0.25) is 0 Å². The molecule has 4 nitrogen and oxygen atoms in total. The van der Waals surface area contributed by atoms with Crippen LogP contribution in [0.3, 0.4) is 0 Å². The minimum absolute atomic E-state index is 0.462. The zero-order valence-corrected chi connectivity index (χ0v) is 14.9. The molecule has 114 valence electrons. The van der Waals surface area contributed by atoms with Crippen LogP contribution >= 0.6 is 0 Å². The van der Waals surface area contributed by atoms with Crippen molar-refractivity contribution >= 4 is 20.0 Å². The molecule has 0 aliphatic rings. The molecule has 0 saturated heterocycles. The fraction of sp³-hybridized carbons (Fsp3) is 0.500. The van der Waals surface area contributed by atoms with Crippen LogP contribution in [0, 0.1) is 18.4 Å². The van der Waals surface area contributed by atoms with E-state index >= 15 is 0 Å². The zero-order chi connectivity index (χ0) is 16.3. The molecular weight excluding hydrogens is 280 g/mol. The molecule has 0 unspecified atom stereocenters. The summed E-state index contributed by atoms with van der Waals surface area (Å²) >= 11 is 0. The third-order valence-corrected chi connectivity index (χ3v) is 3.04. The molecule has 0 spiro atoms. The normalized spacial score (nSPS) is 11.4. The van der Waals surface area contributed by atoms with Crippen molar-refractivity contribution in [2.45, 2.75) is 52.9 Å². The number of aromatic nitrogens is 1. The number of amides is 1. The van der Waals surface area contributed by atoms with E-state index in [9.17, 15) is 4.79 Å². The zero-order valence-electron chi connectivity index (χ0n) is 13.9. The van der Waals surface area contributed by atoms with Gasteiger partial charge >= 0.3 is 6.09 Å². The van der Waals surface area contributed by atoms with Crippen LogP contribution in [0.15, 0.2) is 12.1 Å². The lowest BCUT2D eigenvalue weighted by Crippen LogP contribution is -2.27. The Labute approximate surface area is 128 Å². The van der Waals surface area contributed by atoms with Crippen LogP contribution in [0.1, 0.15) is 32.0 Å². The summed E-state index contributed by atoms with van der Waals surface area (Å²) in [5.74, 6) is 3.56. The first kappa shape index (κ1) is 17.2. The predicted molar refractivity (Wildman–Crippen MR) is 89.1 cm³/mol. The third-order valence-electron chi connectivity index (χ3n) is 2.16. The van der Waals surface area contributed by atoms with Crippen LogP contribution in [0.5, 0.6) is 0 Å². The maximum absolute atomic E-state index is 11.8. The van der Waals surface area contributed by atoms with E-state index in [4.69, 9.17) is 4.74 Å². The highest BCUT2D eigenvalue weighted by Gasteiger charge is 2.16. The van der Waals surface area contributed by atoms with Crippen molar-refractivity contribution < 1.29 is 9.53 Å². The number of carbonyl (C=O) groups excluding carboxylic acids is 1. The monoisotopic (exact) mass is 304 g/mol. The highest BCUT2D eigenvalue weighted by atomic mass is 28.3. The second kappa shape index (κ2) is 6.31. The van der Waals surface area contributed by atoms with Crippen LogP contribution in [0.4, 0.5) is 10.6 Å². The minimum Gasteiger partial charge on any atom is -0.444 e. The van der Waals surface area contributed by atoms with Gasteiger partial charge in [0.1, 0.15) is 25.2 Å². The van der Waals surface area contributed by atoms with Gasteiger partial charge in [0, 0.05) is 0 Å². The molecule has 5 heteroatoms. The summed E-state index contributed by atoms with van der Waals surface area (Å²) in [4.78, 5) is 16.1. The van der Waals surface area contributed by atoms with E-state index in [-0.39, 0.29) is 0 Å². The molecule has 1 aromatic heterocycles. The highest BCUT2D eigenvalue weighted by Crippen LogP contribution is 2.12. The highest BCUT2D eigenvalue weighted by molar-refractivity contribution is 6.83. The number of aryl methyl sites for hydroxylation is 1. The molecule has 1 N–H and O–H groups in total. The third kappa shape index (κ3) is 7.52. The molecule has 1 rings (SSSR count). The van der Waals surface area contributed by atoms with Crippen LogP contribution in [-0.4, -0.2) is 24.8 Å². The van der Waals surface area contributed by atoms with E-state index in [2.05, 4.69) is 41.4 Å². The van der Waals surface area contributed by atoms with Gasteiger partial charge < -0.3 is 4.74 Å². The van der Waals surface area contributed by atoms with Crippen molar-refractivity contribution in [3.05, 3.63) is 23.4 Å². The van der Waals surface area contributed by atoms with Crippen LogP contribution in [-0.2, 0) is 4.74 Å². The lowest BCUT2D eigenvalue weighted by molar-refractivity contribution is 0.0635. The van der Waals surface area contributed by atoms with Crippen molar-refractivity contribution in [2.24, 2.45) is 0 Å². The maximum atomic E-state index is 11.8. The molecule has 0 aliphatic heterocycles. The van der Waals surface area contributed by atoms with E-state index in [0.717, 1.165) is 5.56 Å². The summed E-state index contributed by atoms with van der Waals surface area (Å²) in [6.45, 7) is 13.9. The van der Waals surface area contributed by atoms with Crippen molar-refractivity contribution in [1.29, 1.82) is 0 Å². The first-order valence-electron chi connectivity index (χ1n) is 6.96. The van der Waals surface area contributed by atoms with Gasteiger partial charge in [-0.3, -0.25) is 5.32 Å². The van der Waals surface area contributed by atoms with E-state index in [1.807, 2.05) is 33.8 Å². The van der Waals surface area contributed by atoms with E-state index in [0.29, 0.717) is 11.5 Å². The molecular formula is C16H24N2O2Si. The quantitative estimate of drug-likeness (QED) is 0.631. The first-order valence-corrected chi connectivity index (χ1v) is 10.5. The van der Waals surface area contributed by atoms with Crippen LogP contribution in [0.2, 0.25) is 19.6 Å². The van der Waals surface area contributed by atoms with Crippen molar-refractivity contribution in [3.63, 3.8) is 0 Å². The van der Waals surface area contributed by atoms with Crippen molar-refractivity contribution in [1.82, 2.24) is 4.98 Å². The Kier molecular flexibility index (Phi) is 5.19. The largest absolute Gasteiger partial charge is 0.444 e. The van der Waals surface area contributed by atoms with Gasteiger partial charge in [-0.1, -0.05) is 25.6 Å². The smallest absolute Gasteiger partial charge is 0.413 e. The summed E-state index contributed by atoms with van der Waals surface area (Å²) in [5, 5.41) is 2.65. The minimum atomic E-state index is -1.45.